The van der Waals surface area contributed by atoms with E-state index in [9.17, 15) is 4.79 Å². The van der Waals surface area contributed by atoms with Gasteiger partial charge in [0.15, 0.2) is 5.76 Å². The van der Waals surface area contributed by atoms with Gasteiger partial charge in [0.2, 0.25) is 5.91 Å². The van der Waals surface area contributed by atoms with Gasteiger partial charge in [0, 0.05) is 38.2 Å². The third-order valence-corrected chi connectivity index (χ3v) is 6.34. The summed E-state index contributed by atoms with van der Waals surface area (Å²) < 4.78 is 5.38. The molecule has 0 saturated carbocycles. The summed E-state index contributed by atoms with van der Waals surface area (Å²) in [7, 11) is 0. The van der Waals surface area contributed by atoms with E-state index >= 15 is 0 Å². The number of aromatic nitrogens is 1. The highest BCUT2D eigenvalue weighted by Crippen LogP contribution is 2.33. The Labute approximate surface area is 156 Å². The molecule has 0 unspecified atom stereocenters. The fourth-order valence-electron chi connectivity index (χ4n) is 4.97. The minimum absolute atomic E-state index is 0.377. The molecular weight excluding hydrogens is 326 g/mol. The Balaban J connectivity index is 1.34. The van der Waals surface area contributed by atoms with Crippen LogP contribution in [0.1, 0.15) is 62.8 Å². The molecule has 0 N–H and O–H groups in total. The first-order valence-corrected chi connectivity index (χ1v) is 10.3. The maximum Gasteiger partial charge on any atom is 0.222 e. The summed E-state index contributed by atoms with van der Waals surface area (Å²) in [5.74, 6) is 1.93. The lowest BCUT2D eigenvalue weighted by atomic mass is 9.83. The number of fused-ring (bicyclic) bond motifs is 1. The van der Waals surface area contributed by atoms with Gasteiger partial charge in [-0.25, -0.2) is 0 Å². The molecule has 0 radical (unpaired) electrons. The van der Waals surface area contributed by atoms with Gasteiger partial charge in [-0.1, -0.05) is 16.8 Å². The van der Waals surface area contributed by atoms with Crippen molar-refractivity contribution in [1.29, 1.82) is 0 Å². The number of aryl methyl sites for hydroxylation is 1. The Hall–Kier alpha value is -1.62. The quantitative estimate of drug-likeness (QED) is 0.754. The number of rotatable bonds is 5. The molecule has 2 aliphatic heterocycles. The molecule has 1 amide bonds. The van der Waals surface area contributed by atoms with E-state index in [2.05, 4.69) is 21.0 Å². The van der Waals surface area contributed by atoms with Crippen molar-refractivity contribution in [3.63, 3.8) is 0 Å². The molecule has 1 aromatic heterocycles. The largest absolute Gasteiger partial charge is 0.360 e. The maximum absolute atomic E-state index is 12.6. The van der Waals surface area contributed by atoms with E-state index in [0.29, 0.717) is 17.9 Å². The van der Waals surface area contributed by atoms with Crippen molar-refractivity contribution >= 4 is 5.91 Å². The molecule has 5 heteroatoms. The van der Waals surface area contributed by atoms with Crippen LogP contribution in [0.5, 0.6) is 0 Å². The van der Waals surface area contributed by atoms with Crippen LogP contribution in [0.3, 0.4) is 0 Å². The van der Waals surface area contributed by atoms with Gasteiger partial charge in [-0.3, -0.25) is 9.69 Å². The third kappa shape index (κ3) is 4.03. The molecule has 1 aliphatic carbocycles. The summed E-state index contributed by atoms with van der Waals surface area (Å²) in [5.41, 5.74) is 2.52. The minimum atomic E-state index is 0.377. The van der Waals surface area contributed by atoms with Gasteiger partial charge in [0.1, 0.15) is 0 Å². The molecule has 0 spiro atoms. The zero-order valence-electron chi connectivity index (χ0n) is 16.0. The van der Waals surface area contributed by atoms with Crippen molar-refractivity contribution in [2.45, 2.75) is 70.9 Å². The first kappa shape index (κ1) is 17.8. The van der Waals surface area contributed by atoms with Crippen molar-refractivity contribution < 1.29 is 9.32 Å². The predicted octanol–water partition coefficient (Wildman–Crippen LogP) is 3.69. The highest BCUT2D eigenvalue weighted by Gasteiger charge is 2.39. The lowest BCUT2D eigenvalue weighted by Gasteiger charge is -2.47. The number of hydrogen-bond acceptors (Lipinski definition) is 4. The molecule has 4 rings (SSSR count). The number of hydrogen-bond donors (Lipinski definition) is 0. The van der Waals surface area contributed by atoms with E-state index in [1.54, 1.807) is 5.57 Å². The zero-order valence-corrected chi connectivity index (χ0v) is 16.0. The predicted molar refractivity (Wildman–Crippen MR) is 101 cm³/mol. The van der Waals surface area contributed by atoms with E-state index in [1.165, 1.54) is 25.7 Å². The lowest BCUT2D eigenvalue weighted by molar-refractivity contribution is -0.141. The fourth-order valence-corrected chi connectivity index (χ4v) is 4.97. The fraction of sp³-hybridized carbons (Fsp3) is 0.714. The Morgan fingerprint density at radius 1 is 1.27 bits per heavy atom. The van der Waals surface area contributed by atoms with Crippen molar-refractivity contribution in [3.05, 3.63) is 29.2 Å². The van der Waals surface area contributed by atoms with E-state index in [4.69, 9.17) is 4.52 Å². The van der Waals surface area contributed by atoms with Crippen LogP contribution in [0.25, 0.3) is 0 Å². The van der Waals surface area contributed by atoms with Crippen molar-refractivity contribution in [3.8, 4) is 0 Å². The third-order valence-electron chi connectivity index (χ3n) is 6.34. The molecule has 1 aromatic rings. The van der Waals surface area contributed by atoms with Gasteiger partial charge in [-0.2, -0.15) is 0 Å². The molecule has 2 fully saturated rings. The zero-order chi connectivity index (χ0) is 17.9. The number of carbonyl (C=O) groups excluding carboxylic acids is 1. The number of likely N-dealkylation sites (tertiary alicyclic amines) is 2. The van der Waals surface area contributed by atoms with Crippen molar-refractivity contribution in [2.75, 3.05) is 19.6 Å². The summed E-state index contributed by atoms with van der Waals surface area (Å²) in [6.07, 6.45) is 11.4. The first-order valence-electron chi connectivity index (χ1n) is 10.3. The molecule has 3 heterocycles. The summed E-state index contributed by atoms with van der Waals surface area (Å²) >= 11 is 0. The molecule has 5 nitrogen and oxygen atoms in total. The lowest BCUT2D eigenvalue weighted by Crippen LogP contribution is -2.56. The summed E-state index contributed by atoms with van der Waals surface area (Å²) in [5, 5.41) is 3.99. The van der Waals surface area contributed by atoms with Gasteiger partial charge in [0.25, 0.3) is 0 Å². The van der Waals surface area contributed by atoms with Crippen LogP contribution in [-0.4, -0.2) is 46.5 Å². The van der Waals surface area contributed by atoms with Gasteiger partial charge in [-0.05, 0) is 57.8 Å². The smallest absolute Gasteiger partial charge is 0.222 e. The van der Waals surface area contributed by atoms with E-state index in [-0.39, 0.29) is 0 Å². The van der Waals surface area contributed by atoms with Crippen LogP contribution in [0.2, 0.25) is 0 Å². The Kier molecular flexibility index (Phi) is 5.44. The van der Waals surface area contributed by atoms with Crippen molar-refractivity contribution in [2.24, 2.45) is 5.92 Å². The number of piperidine rings is 2. The van der Waals surface area contributed by atoms with Crippen LogP contribution in [0.15, 0.2) is 22.2 Å². The maximum atomic E-state index is 12.6. The van der Waals surface area contributed by atoms with Gasteiger partial charge >= 0.3 is 0 Å². The number of carbonyl (C=O) groups is 1. The molecule has 2 atom stereocenters. The Bertz CT molecular complexity index is 666. The van der Waals surface area contributed by atoms with E-state index < -0.39 is 0 Å². The van der Waals surface area contributed by atoms with Crippen LogP contribution >= 0.6 is 0 Å². The van der Waals surface area contributed by atoms with E-state index in [0.717, 1.165) is 63.3 Å². The van der Waals surface area contributed by atoms with E-state index in [1.807, 2.05) is 13.0 Å². The van der Waals surface area contributed by atoms with Gasteiger partial charge in [0.05, 0.1) is 12.2 Å². The average molecular weight is 357 g/mol. The summed E-state index contributed by atoms with van der Waals surface area (Å²) in [4.78, 5) is 17.3. The SMILES string of the molecule is Cc1cc(CN2CC[C@@H]3[C@@H](CCC(=O)N3CCC3=CCCCC3)C2)on1. The average Bonchev–Trinajstić information content (AvgIpc) is 3.06. The molecule has 26 heavy (non-hydrogen) atoms. The normalized spacial score (nSPS) is 27.3. The second-order valence-electron chi connectivity index (χ2n) is 8.27. The summed E-state index contributed by atoms with van der Waals surface area (Å²) in [6.45, 7) is 5.83. The monoisotopic (exact) mass is 357 g/mol. The standard InChI is InChI=1S/C21H31N3O2/c1-16-13-19(26-22-16)15-23-11-10-20-18(14-23)7-8-21(25)24(20)12-9-17-5-3-2-4-6-17/h5,13,18,20H,2-4,6-12,14-15H2,1H3/t18-,20+/m0/s1. The highest BCUT2D eigenvalue weighted by molar-refractivity contribution is 5.77. The van der Waals surface area contributed by atoms with Gasteiger partial charge in [-0.15, -0.1) is 0 Å². The molecular formula is C21H31N3O2. The number of allylic oxidation sites excluding steroid dienone is 1. The molecule has 142 valence electrons. The first-order chi connectivity index (χ1) is 12.7. The Morgan fingerprint density at radius 2 is 2.19 bits per heavy atom. The van der Waals surface area contributed by atoms with Crippen LogP contribution in [0, 0.1) is 12.8 Å². The number of amides is 1. The topological polar surface area (TPSA) is 49.6 Å². The molecule has 0 aromatic carbocycles. The molecule has 0 bridgehead atoms. The van der Waals surface area contributed by atoms with Gasteiger partial charge < -0.3 is 9.42 Å². The Morgan fingerprint density at radius 3 is 2.96 bits per heavy atom. The second kappa shape index (κ2) is 7.95. The summed E-state index contributed by atoms with van der Waals surface area (Å²) in [6, 6.07) is 2.47. The molecule has 2 saturated heterocycles. The van der Waals surface area contributed by atoms with Crippen LogP contribution in [-0.2, 0) is 11.3 Å². The van der Waals surface area contributed by atoms with Crippen LogP contribution in [0.4, 0.5) is 0 Å². The minimum Gasteiger partial charge on any atom is -0.360 e. The number of nitrogens with zero attached hydrogens (tertiary/aromatic N) is 3. The highest BCUT2D eigenvalue weighted by atomic mass is 16.5. The van der Waals surface area contributed by atoms with Crippen LogP contribution < -0.4 is 0 Å². The molecule has 3 aliphatic rings. The van der Waals surface area contributed by atoms with Crippen molar-refractivity contribution in [1.82, 2.24) is 15.0 Å². The second-order valence-corrected chi connectivity index (χ2v) is 8.27.